The molecular weight excluding hydrogens is 334 g/mol. The summed E-state index contributed by atoms with van der Waals surface area (Å²) in [7, 11) is 0. The molecular formula is C16H26ClN3O4. The van der Waals surface area contributed by atoms with Gasteiger partial charge < -0.3 is 25.0 Å². The first kappa shape index (κ1) is 19.3. The lowest BCUT2D eigenvalue weighted by molar-refractivity contribution is -0.134. The average Bonchev–Trinajstić information content (AvgIpc) is 2.91. The van der Waals surface area contributed by atoms with Gasteiger partial charge in [0.2, 0.25) is 0 Å². The summed E-state index contributed by atoms with van der Waals surface area (Å²) in [5, 5.41) is 23.0. The van der Waals surface area contributed by atoms with Crippen LogP contribution < -0.4 is 5.32 Å². The molecule has 0 amide bonds. The topological polar surface area (TPSA) is 96.7 Å². The van der Waals surface area contributed by atoms with Gasteiger partial charge in [0.25, 0.3) is 0 Å². The number of aliphatic hydroxyl groups excluding tert-OH is 2. The Hall–Kier alpha value is -0.990. The Morgan fingerprint density at radius 1 is 1.29 bits per heavy atom. The Balaban J connectivity index is 2.14. The van der Waals surface area contributed by atoms with Crippen molar-refractivity contribution in [2.24, 2.45) is 5.92 Å². The molecule has 136 valence electrons. The van der Waals surface area contributed by atoms with Crippen molar-refractivity contribution >= 4 is 17.4 Å². The van der Waals surface area contributed by atoms with Crippen LogP contribution in [0.15, 0.2) is 6.33 Å². The highest BCUT2D eigenvalue weighted by Crippen LogP contribution is 2.30. The third-order valence-electron chi connectivity index (χ3n) is 4.18. The number of hydrogen-bond donors (Lipinski definition) is 3. The van der Waals surface area contributed by atoms with Crippen LogP contribution in [0, 0.1) is 5.92 Å². The van der Waals surface area contributed by atoms with Crippen molar-refractivity contribution < 1.29 is 19.7 Å². The number of ether oxygens (including phenoxy) is 2. The third kappa shape index (κ3) is 5.00. The van der Waals surface area contributed by atoms with Gasteiger partial charge in [-0.05, 0) is 32.6 Å². The molecule has 0 radical (unpaired) electrons. The van der Waals surface area contributed by atoms with Crippen LogP contribution in [-0.2, 0) is 15.9 Å². The van der Waals surface area contributed by atoms with Crippen molar-refractivity contribution in [1.29, 1.82) is 0 Å². The van der Waals surface area contributed by atoms with Gasteiger partial charge in [0.1, 0.15) is 17.3 Å². The minimum Gasteiger partial charge on any atom is -0.396 e. The molecule has 1 aliphatic rings. The minimum absolute atomic E-state index is 0.0728. The van der Waals surface area contributed by atoms with Crippen LogP contribution in [0.25, 0.3) is 0 Å². The van der Waals surface area contributed by atoms with Gasteiger partial charge in [0, 0.05) is 31.8 Å². The van der Waals surface area contributed by atoms with Crippen LogP contribution >= 0.6 is 11.6 Å². The first-order valence-corrected chi connectivity index (χ1v) is 8.74. The number of nitrogens with one attached hydrogen (secondary N) is 1. The summed E-state index contributed by atoms with van der Waals surface area (Å²) >= 11 is 6.25. The van der Waals surface area contributed by atoms with Gasteiger partial charge in [-0.15, -0.1) is 0 Å². The first-order chi connectivity index (χ1) is 11.6. The molecule has 3 unspecified atom stereocenters. The van der Waals surface area contributed by atoms with Crippen LogP contribution in [0.3, 0.4) is 0 Å². The molecule has 3 N–H and O–H groups in total. The maximum Gasteiger partial charge on any atom is 0.161 e. The van der Waals surface area contributed by atoms with E-state index in [-0.39, 0.29) is 18.6 Å². The van der Waals surface area contributed by atoms with Crippen LogP contribution in [0.1, 0.15) is 32.3 Å². The molecule has 1 saturated carbocycles. The van der Waals surface area contributed by atoms with Crippen LogP contribution in [-0.4, -0.2) is 58.4 Å². The van der Waals surface area contributed by atoms with Crippen LogP contribution in [0.2, 0.25) is 5.15 Å². The Morgan fingerprint density at radius 3 is 2.58 bits per heavy atom. The van der Waals surface area contributed by atoms with Gasteiger partial charge in [0.05, 0.1) is 12.1 Å². The Labute approximate surface area is 147 Å². The summed E-state index contributed by atoms with van der Waals surface area (Å²) in [4.78, 5) is 8.31. The monoisotopic (exact) mass is 359 g/mol. The number of hydrogen-bond acceptors (Lipinski definition) is 7. The molecule has 1 aliphatic carbocycles. The van der Waals surface area contributed by atoms with E-state index in [0.29, 0.717) is 49.0 Å². The second-order valence-corrected chi connectivity index (χ2v) is 6.23. The van der Waals surface area contributed by atoms with Gasteiger partial charge in [0.15, 0.2) is 6.29 Å². The summed E-state index contributed by atoms with van der Waals surface area (Å²) in [6.07, 6.45) is 2.09. The molecule has 0 spiro atoms. The first-order valence-electron chi connectivity index (χ1n) is 8.37. The van der Waals surface area contributed by atoms with E-state index >= 15 is 0 Å². The summed E-state index contributed by atoms with van der Waals surface area (Å²) in [6, 6.07) is -0.176. The molecule has 24 heavy (non-hydrogen) atoms. The molecule has 1 fully saturated rings. The highest BCUT2D eigenvalue weighted by Gasteiger charge is 2.33. The van der Waals surface area contributed by atoms with Crippen molar-refractivity contribution in [2.45, 2.75) is 51.5 Å². The van der Waals surface area contributed by atoms with E-state index in [1.54, 1.807) is 0 Å². The molecule has 7 nitrogen and oxygen atoms in total. The van der Waals surface area contributed by atoms with Gasteiger partial charge in [-0.25, -0.2) is 9.97 Å². The second kappa shape index (κ2) is 9.48. The van der Waals surface area contributed by atoms with E-state index in [1.165, 1.54) is 6.33 Å². The SMILES string of the molecule is CCOC(Cc1c(Cl)ncnc1NC1CC(CO)CC1O)OCC. The minimum atomic E-state index is -0.529. The molecule has 8 heteroatoms. The van der Waals surface area contributed by atoms with Gasteiger partial charge in [-0.2, -0.15) is 0 Å². The smallest absolute Gasteiger partial charge is 0.161 e. The van der Waals surface area contributed by atoms with Crippen molar-refractivity contribution in [2.75, 3.05) is 25.1 Å². The number of aromatic nitrogens is 2. The quantitative estimate of drug-likeness (QED) is 0.455. The fraction of sp³-hybridized carbons (Fsp3) is 0.750. The number of rotatable bonds is 9. The van der Waals surface area contributed by atoms with Crippen molar-refractivity contribution in [1.82, 2.24) is 9.97 Å². The van der Waals surface area contributed by atoms with Crippen LogP contribution in [0.5, 0.6) is 0 Å². The average molecular weight is 360 g/mol. The predicted octanol–water partition coefficient (Wildman–Crippen LogP) is 1.62. The Morgan fingerprint density at radius 2 is 2.00 bits per heavy atom. The molecule has 2 rings (SSSR count). The summed E-state index contributed by atoms with van der Waals surface area (Å²) in [5.41, 5.74) is 0.700. The van der Waals surface area contributed by atoms with E-state index < -0.39 is 12.4 Å². The zero-order valence-corrected chi connectivity index (χ0v) is 14.9. The number of nitrogens with zero attached hydrogens (tertiary/aromatic N) is 2. The predicted molar refractivity (Wildman–Crippen MR) is 91.0 cm³/mol. The Kier molecular flexibility index (Phi) is 7.64. The number of anilines is 1. The second-order valence-electron chi connectivity index (χ2n) is 5.87. The lowest BCUT2D eigenvalue weighted by Gasteiger charge is -2.22. The molecule has 0 bridgehead atoms. The highest BCUT2D eigenvalue weighted by atomic mass is 35.5. The van der Waals surface area contributed by atoms with E-state index in [0.717, 1.165) is 0 Å². The fourth-order valence-corrected chi connectivity index (χ4v) is 3.21. The van der Waals surface area contributed by atoms with Gasteiger partial charge >= 0.3 is 0 Å². The molecule has 1 aromatic heterocycles. The summed E-state index contributed by atoms with van der Waals surface area (Å²) in [5.74, 6) is 0.667. The fourth-order valence-electron chi connectivity index (χ4n) is 3.00. The molecule has 1 heterocycles. The zero-order valence-electron chi connectivity index (χ0n) is 14.1. The van der Waals surface area contributed by atoms with E-state index in [4.69, 9.17) is 21.1 Å². The maximum atomic E-state index is 10.2. The maximum absolute atomic E-state index is 10.2. The number of halogens is 1. The van der Waals surface area contributed by atoms with E-state index in [1.807, 2.05) is 13.8 Å². The van der Waals surface area contributed by atoms with Crippen molar-refractivity contribution in [3.63, 3.8) is 0 Å². The largest absolute Gasteiger partial charge is 0.396 e. The molecule has 1 aromatic rings. The van der Waals surface area contributed by atoms with Gasteiger partial charge in [-0.3, -0.25) is 0 Å². The lowest BCUT2D eigenvalue weighted by Crippen LogP contribution is -2.30. The molecule has 3 atom stereocenters. The standard InChI is InChI=1S/C16H26ClN3O4/c1-3-23-14(24-4-2)7-11-15(17)18-9-19-16(11)20-12-5-10(8-21)6-13(12)22/h9-10,12-14,21-22H,3-8H2,1-2H3,(H,18,19,20). The van der Waals surface area contributed by atoms with Gasteiger partial charge in [-0.1, -0.05) is 11.6 Å². The molecule has 0 saturated heterocycles. The van der Waals surface area contributed by atoms with E-state index in [9.17, 15) is 10.2 Å². The van der Waals surface area contributed by atoms with E-state index in [2.05, 4.69) is 15.3 Å². The van der Waals surface area contributed by atoms with Crippen LogP contribution in [0.4, 0.5) is 5.82 Å². The molecule has 0 aromatic carbocycles. The highest BCUT2D eigenvalue weighted by molar-refractivity contribution is 6.30. The normalized spacial score (nSPS) is 23.8. The number of aliphatic hydroxyl groups is 2. The zero-order chi connectivity index (χ0) is 17.5. The van der Waals surface area contributed by atoms with Crippen molar-refractivity contribution in [3.05, 3.63) is 17.0 Å². The third-order valence-corrected chi connectivity index (χ3v) is 4.50. The molecule has 0 aliphatic heterocycles. The van der Waals surface area contributed by atoms with Crippen molar-refractivity contribution in [3.8, 4) is 0 Å². The summed E-state index contributed by atoms with van der Waals surface area (Å²) in [6.45, 7) is 4.93. The Bertz CT molecular complexity index is 514. The lowest BCUT2D eigenvalue weighted by atomic mass is 10.1. The summed E-state index contributed by atoms with van der Waals surface area (Å²) < 4.78 is 11.2.